The van der Waals surface area contributed by atoms with Crippen LogP contribution >= 0.6 is 0 Å². The lowest BCUT2D eigenvalue weighted by atomic mass is 9.83. The first kappa shape index (κ1) is 30.8. The van der Waals surface area contributed by atoms with E-state index in [-0.39, 0.29) is 0 Å². The molecule has 0 saturated heterocycles. The molecule has 242 valence electrons. The smallest absolute Gasteiger partial charge is 0.00262 e. The molecule has 0 N–H and O–H groups in total. The summed E-state index contributed by atoms with van der Waals surface area (Å²) in [6.45, 7) is 6.23. The average molecular weight is 651 g/mol. The van der Waals surface area contributed by atoms with E-state index in [0.717, 1.165) is 12.8 Å². The van der Waals surface area contributed by atoms with Crippen molar-refractivity contribution in [1.29, 1.82) is 0 Å². The van der Waals surface area contributed by atoms with Crippen LogP contribution in [0.3, 0.4) is 0 Å². The van der Waals surface area contributed by atoms with E-state index in [0.29, 0.717) is 0 Å². The second kappa shape index (κ2) is 12.9. The van der Waals surface area contributed by atoms with Crippen LogP contribution in [-0.4, -0.2) is 0 Å². The Bertz CT molecular complexity index is 2690. The first-order valence-corrected chi connectivity index (χ1v) is 18.0. The van der Waals surface area contributed by atoms with Gasteiger partial charge in [0.1, 0.15) is 0 Å². The Morgan fingerprint density at radius 3 is 1.69 bits per heavy atom. The van der Waals surface area contributed by atoms with Crippen molar-refractivity contribution < 1.29 is 0 Å². The number of rotatable bonds is 6. The van der Waals surface area contributed by atoms with Gasteiger partial charge in [0.15, 0.2) is 0 Å². The van der Waals surface area contributed by atoms with Gasteiger partial charge in [0.25, 0.3) is 0 Å². The number of hydrogen-bond donors (Lipinski definition) is 0. The predicted molar refractivity (Wildman–Crippen MR) is 222 cm³/mol. The Hall–Kier alpha value is -6.24. The summed E-state index contributed by atoms with van der Waals surface area (Å²) in [4.78, 5) is 0. The fraction of sp³-hybridized carbons (Fsp3) is 0.0588. The molecular weight excluding hydrogens is 613 g/mol. The number of benzene rings is 8. The molecule has 51 heavy (non-hydrogen) atoms. The zero-order valence-corrected chi connectivity index (χ0v) is 28.9. The highest BCUT2D eigenvalue weighted by Gasteiger charge is 2.19. The molecule has 0 heteroatoms. The van der Waals surface area contributed by atoms with Crippen LogP contribution in [0.2, 0.25) is 0 Å². The van der Waals surface area contributed by atoms with Gasteiger partial charge >= 0.3 is 0 Å². The summed E-state index contributed by atoms with van der Waals surface area (Å²) >= 11 is 0. The summed E-state index contributed by atoms with van der Waals surface area (Å²) in [7, 11) is 0. The molecule has 0 bridgehead atoms. The largest absolute Gasteiger partial charge is 0.0988 e. The van der Waals surface area contributed by atoms with E-state index in [1.54, 1.807) is 0 Å². The lowest BCUT2D eigenvalue weighted by Gasteiger charge is -2.21. The van der Waals surface area contributed by atoms with Gasteiger partial charge in [0, 0.05) is 0 Å². The van der Waals surface area contributed by atoms with Gasteiger partial charge in [-0.2, -0.15) is 0 Å². The van der Waals surface area contributed by atoms with Crippen molar-refractivity contribution in [2.24, 2.45) is 0 Å². The first-order valence-electron chi connectivity index (χ1n) is 18.0. The molecule has 0 atom stereocenters. The predicted octanol–water partition coefficient (Wildman–Crippen LogP) is 14.5. The molecule has 0 nitrogen and oxygen atoms in total. The van der Waals surface area contributed by atoms with Gasteiger partial charge in [-0.3, -0.25) is 0 Å². The SMILES string of the molecule is C=CC1=C(/C=C\C)C(c2cccc(-c3c4ccccc4c(-c4ccc(-c5cc6ccccc6c6ccccc56)cc4)c4ccccc34)c2)=CCC1. The Morgan fingerprint density at radius 2 is 1.04 bits per heavy atom. The standard InChI is InChI=1S/C51H38/c1-3-15-40-34(4-2)17-14-27-41(40)37-18-13-19-39(32-37)51-47-25-11-9-23-45(47)50(46-24-10-12-26-48(46)51)36-30-28-35(29-31-36)49-33-38-16-5-6-20-42(38)43-21-7-8-22-44(43)49/h3-13,15-16,18-33H,2,14,17H2,1H3/b15-3-. The monoisotopic (exact) mass is 650 g/mol. The van der Waals surface area contributed by atoms with Gasteiger partial charge in [0.05, 0.1) is 0 Å². The molecule has 0 spiro atoms. The normalized spacial score (nSPS) is 13.5. The summed E-state index contributed by atoms with van der Waals surface area (Å²) < 4.78 is 0. The molecule has 1 aliphatic rings. The fourth-order valence-electron chi connectivity index (χ4n) is 8.34. The van der Waals surface area contributed by atoms with Crippen molar-refractivity contribution in [3.8, 4) is 33.4 Å². The minimum atomic E-state index is 1.03. The van der Waals surface area contributed by atoms with Crippen LogP contribution in [0.1, 0.15) is 25.3 Å². The molecule has 9 rings (SSSR count). The van der Waals surface area contributed by atoms with E-state index < -0.39 is 0 Å². The molecule has 8 aromatic carbocycles. The van der Waals surface area contributed by atoms with Gasteiger partial charge in [-0.05, 0) is 131 Å². The Balaban J connectivity index is 1.21. The summed E-state index contributed by atoms with van der Waals surface area (Å²) in [5, 5.41) is 10.2. The quantitative estimate of drug-likeness (QED) is 0.124. The van der Waals surface area contributed by atoms with Crippen LogP contribution in [0.5, 0.6) is 0 Å². The van der Waals surface area contributed by atoms with Crippen molar-refractivity contribution in [3.63, 3.8) is 0 Å². The van der Waals surface area contributed by atoms with Crippen molar-refractivity contribution in [1.82, 2.24) is 0 Å². The van der Waals surface area contributed by atoms with Gasteiger partial charge in [-0.1, -0.05) is 170 Å². The number of allylic oxidation sites excluding steroid dienone is 7. The van der Waals surface area contributed by atoms with Crippen LogP contribution < -0.4 is 0 Å². The molecule has 0 heterocycles. The third-order valence-corrected chi connectivity index (χ3v) is 10.6. The molecule has 0 aliphatic heterocycles. The van der Waals surface area contributed by atoms with Crippen molar-refractivity contribution in [3.05, 3.63) is 199 Å². The number of fused-ring (bicyclic) bond motifs is 5. The summed E-state index contributed by atoms with van der Waals surface area (Å²) in [5.41, 5.74) is 12.6. The Labute approximate surface area is 300 Å². The summed E-state index contributed by atoms with van der Waals surface area (Å²) in [5.74, 6) is 0. The second-order valence-corrected chi connectivity index (χ2v) is 13.5. The van der Waals surface area contributed by atoms with E-state index in [1.165, 1.54) is 98.8 Å². The molecule has 0 unspecified atom stereocenters. The third-order valence-electron chi connectivity index (χ3n) is 10.6. The van der Waals surface area contributed by atoms with E-state index in [1.807, 2.05) is 6.08 Å². The Morgan fingerprint density at radius 1 is 0.490 bits per heavy atom. The van der Waals surface area contributed by atoms with Crippen LogP contribution in [-0.2, 0) is 0 Å². The molecule has 0 amide bonds. The third kappa shape index (κ3) is 5.23. The summed E-state index contributed by atoms with van der Waals surface area (Å²) in [6.07, 6.45) is 10.9. The topological polar surface area (TPSA) is 0 Å². The van der Waals surface area contributed by atoms with Gasteiger partial charge in [-0.15, -0.1) is 0 Å². The molecule has 0 radical (unpaired) electrons. The molecule has 8 aromatic rings. The fourth-order valence-corrected chi connectivity index (χ4v) is 8.34. The van der Waals surface area contributed by atoms with Gasteiger partial charge < -0.3 is 0 Å². The van der Waals surface area contributed by atoms with E-state index >= 15 is 0 Å². The van der Waals surface area contributed by atoms with Crippen molar-refractivity contribution >= 4 is 48.7 Å². The van der Waals surface area contributed by atoms with Crippen LogP contribution in [0.15, 0.2) is 194 Å². The highest BCUT2D eigenvalue weighted by molar-refractivity contribution is 6.21. The highest BCUT2D eigenvalue weighted by Crippen LogP contribution is 2.45. The lowest BCUT2D eigenvalue weighted by Crippen LogP contribution is -1.99. The molecule has 0 aromatic heterocycles. The molecule has 0 fully saturated rings. The van der Waals surface area contributed by atoms with Gasteiger partial charge in [0.2, 0.25) is 0 Å². The zero-order valence-electron chi connectivity index (χ0n) is 28.9. The second-order valence-electron chi connectivity index (χ2n) is 13.5. The maximum atomic E-state index is 4.14. The molecular formula is C51H38. The van der Waals surface area contributed by atoms with E-state index in [9.17, 15) is 0 Å². The van der Waals surface area contributed by atoms with Crippen LogP contribution in [0, 0.1) is 0 Å². The maximum absolute atomic E-state index is 4.14. The van der Waals surface area contributed by atoms with Gasteiger partial charge in [-0.25, -0.2) is 0 Å². The van der Waals surface area contributed by atoms with E-state index in [2.05, 4.69) is 183 Å². The average Bonchev–Trinajstić information content (AvgIpc) is 3.20. The maximum Gasteiger partial charge on any atom is -0.00262 e. The summed E-state index contributed by atoms with van der Waals surface area (Å²) in [6, 6.07) is 56.1. The molecule has 1 aliphatic carbocycles. The highest BCUT2D eigenvalue weighted by atomic mass is 14.2. The van der Waals surface area contributed by atoms with E-state index in [4.69, 9.17) is 0 Å². The zero-order chi connectivity index (χ0) is 34.3. The molecule has 0 saturated carbocycles. The first-order chi connectivity index (χ1) is 25.2. The van der Waals surface area contributed by atoms with Crippen LogP contribution in [0.4, 0.5) is 0 Å². The van der Waals surface area contributed by atoms with Crippen molar-refractivity contribution in [2.75, 3.05) is 0 Å². The lowest BCUT2D eigenvalue weighted by molar-refractivity contribution is 0.984. The minimum absolute atomic E-state index is 1.03. The van der Waals surface area contributed by atoms with Crippen LogP contribution in [0.25, 0.3) is 82.0 Å². The van der Waals surface area contributed by atoms with Crippen molar-refractivity contribution in [2.45, 2.75) is 19.8 Å². The number of hydrogen-bond acceptors (Lipinski definition) is 0. The Kier molecular flexibility index (Phi) is 7.79. The minimum Gasteiger partial charge on any atom is -0.0988 e.